The van der Waals surface area contributed by atoms with Crippen LogP contribution >= 0.6 is 0 Å². The summed E-state index contributed by atoms with van der Waals surface area (Å²) in [6.07, 6.45) is 5.25. The van der Waals surface area contributed by atoms with E-state index in [0.29, 0.717) is 0 Å². The SMILES string of the molecule is CCN(CC1CCC1)C(C)(CN)CCOC. The zero-order valence-corrected chi connectivity index (χ0v) is 11.2. The molecule has 1 unspecified atom stereocenters. The van der Waals surface area contributed by atoms with Gasteiger partial charge in [-0.15, -0.1) is 0 Å². The van der Waals surface area contributed by atoms with Crippen LogP contribution in [0.5, 0.6) is 0 Å². The molecule has 0 saturated heterocycles. The number of methoxy groups -OCH3 is 1. The molecule has 3 heteroatoms. The fraction of sp³-hybridized carbons (Fsp3) is 1.00. The fourth-order valence-electron chi connectivity index (χ4n) is 2.43. The minimum atomic E-state index is 0.111. The molecule has 0 spiro atoms. The van der Waals surface area contributed by atoms with Crippen LogP contribution < -0.4 is 5.73 Å². The first-order valence-electron chi connectivity index (χ1n) is 6.60. The Kier molecular flexibility index (Phi) is 5.73. The highest BCUT2D eigenvalue weighted by atomic mass is 16.5. The molecule has 0 aromatic carbocycles. The number of nitrogens with zero attached hydrogens (tertiary/aromatic N) is 1. The Morgan fingerprint density at radius 1 is 1.44 bits per heavy atom. The second kappa shape index (κ2) is 6.58. The van der Waals surface area contributed by atoms with E-state index in [9.17, 15) is 0 Å². The maximum Gasteiger partial charge on any atom is 0.0480 e. The van der Waals surface area contributed by atoms with Gasteiger partial charge in [-0.3, -0.25) is 4.90 Å². The maximum atomic E-state index is 5.96. The molecule has 0 aliphatic heterocycles. The monoisotopic (exact) mass is 228 g/mol. The molecule has 0 bridgehead atoms. The third-order valence-corrected chi connectivity index (χ3v) is 4.13. The molecule has 96 valence electrons. The third kappa shape index (κ3) is 3.44. The number of likely N-dealkylation sites (N-methyl/N-ethyl adjacent to an activating group) is 1. The molecule has 2 N–H and O–H groups in total. The zero-order valence-electron chi connectivity index (χ0n) is 11.2. The number of hydrogen-bond acceptors (Lipinski definition) is 3. The van der Waals surface area contributed by atoms with Crippen LogP contribution in [0.2, 0.25) is 0 Å². The second-order valence-electron chi connectivity index (χ2n) is 5.28. The zero-order chi connectivity index (χ0) is 12.0. The first-order chi connectivity index (χ1) is 7.66. The van der Waals surface area contributed by atoms with Crippen LogP contribution in [0.15, 0.2) is 0 Å². The first-order valence-corrected chi connectivity index (χ1v) is 6.60. The smallest absolute Gasteiger partial charge is 0.0480 e. The average Bonchev–Trinajstić information content (AvgIpc) is 2.24. The van der Waals surface area contributed by atoms with Crippen molar-refractivity contribution >= 4 is 0 Å². The summed E-state index contributed by atoms with van der Waals surface area (Å²) >= 11 is 0. The Labute approximate surface area is 100 Å². The molecule has 16 heavy (non-hydrogen) atoms. The molecule has 0 radical (unpaired) electrons. The van der Waals surface area contributed by atoms with Gasteiger partial charge in [-0.25, -0.2) is 0 Å². The second-order valence-corrected chi connectivity index (χ2v) is 5.28. The van der Waals surface area contributed by atoms with E-state index in [0.717, 1.165) is 32.0 Å². The van der Waals surface area contributed by atoms with Crippen molar-refractivity contribution in [1.82, 2.24) is 4.90 Å². The highest BCUT2D eigenvalue weighted by Gasteiger charge is 2.32. The van der Waals surface area contributed by atoms with Crippen molar-refractivity contribution in [2.75, 3.05) is 33.4 Å². The predicted molar refractivity (Wildman–Crippen MR) is 68.5 cm³/mol. The Morgan fingerprint density at radius 2 is 2.12 bits per heavy atom. The van der Waals surface area contributed by atoms with E-state index in [2.05, 4.69) is 18.7 Å². The summed E-state index contributed by atoms with van der Waals surface area (Å²) in [5.41, 5.74) is 6.07. The average molecular weight is 228 g/mol. The van der Waals surface area contributed by atoms with Crippen molar-refractivity contribution in [3.8, 4) is 0 Å². The van der Waals surface area contributed by atoms with Gasteiger partial charge in [0.05, 0.1) is 0 Å². The van der Waals surface area contributed by atoms with Gasteiger partial charge in [-0.05, 0) is 38.6 Å². The normalized spacial score (nSPS) is 20.8. The number of rotatable bonds is 8. The van der Waals surface area contributed by atoms with Crippen molar-refractivity contribution in [1.29, 1.82) is 0 Å². The quantitative estimate of drug-likeness (QED) is 0.689. The van der Waals surface area contributed by atoms with E-state index in [1.807, 2.05) is 0 Å². The molecule has 0 amide bonds. The summed E-state index contributed by atoms with van der Waals surface area (Å²) in [5.74, 6) is 0.911. The maximum absolute atomic E-state index is 5.96. The van der Waals surface area contributed by atoms with Gasteiger partial charge in [0.2, 0.25) is 0 Å². The van der Waals surface area contributed by atoms with Crippen LogP contribution in [0.25, 0.3) is 0 Å². The van der Waals surface area contributed by atoms with Gasteiger partial charge in [0, 0.05) is 32.3 Å². The molecule has 1 atom stereocenters. The van der Waals surface area contributed by atoms with Crippen LogP contribution in [0.1, 0.15) is 39.5 Å². The molecule has 1 saturated carbocycles. The van der Waals surface area contributed by atoms with Gasteiger partial charge >= 0.3 is 0 Å². The van der Waals surface area contributed by atoms with Crippen LogP contribution in [0.3, 0.4) is 0 Å². The summed E-state index contributed by atoms with van der Waals surface area (Å²) in [7, 11) is 1.76. The minimum absolute atomic E-state index is 0.111. The van der Waals surface area contributed by atoms with Gasteiger partial charge in [-0.1, -0.05) is 13.3 Å². The summed E-state index contributed by atoms with van der Waals surface area (Å²) in [4.78, 5) is 2.55. The van der Waals surface area contributed by atoms with Gasteiger partial charge in [0.1, 0.15) is 0 Å². The molecule has 1 rings (SSSR count). The standard InChI is InChI=1S/C13H28N2O/c1-4-15(10-12-6-5-7-12)13(2,11-14)8-9-16-3/h12H,4-11,14H2,1-3H3. The van der Waals surface area contributed by atoms with Gasteiger partial charge in [0.25, 0.3) is 0 Å². The van der Waals surface area contributed by atoms with Crippen molar-refractivity contribution in [2.45, 2.75) is 45.1 Å². The Morgan fingerprint density at radius 3 is 2.50 bits per heavy atom. The number of hydrogen-bond donors (Lipinski definition) is 1. The largest absolute Gasteiger partial charge is 0.385 e. The van der Waals surface area contributed by atoms with E-state index >= 15 is 0 Å². The minimum Gasteiger partial charge on any atom is -0.385 e. The van der Waals surface area contributed by atoms with E-state index in [1.165, 1.54) is 25.8 Å². The highest BCUT2D eigenvalue weighted by Crippen LogP contribution is 2.30. The Hall–Kier alpha value is -0.120. The number of nitrogens with two attached hydrogens (primary N) is 1. The first kappa shape index (κ1) is 13.9. The van der Waals surface area contributed by atoms with Crippen molar-refractivity contribution in [2.24, 2.45) is 11.7 Å². The molecule has 1 fully saturated rings. The summed E-state index contributed by atoms with van der Waals surface area (Å²) in [6.45, 7) is 8.33. The van der Waals surface area contributed by atoms with Crippen molar-refractivity contribution in [3.63, 3.8) is 0 Å². The summed E-state index contributed by atoms with van der Waals surface area (Å²) in [6, 6.07) is 0. The lowest BCUT2D eigenvalue weighted by Crippen LogP contribution is -2.54. The lowest BCUT2D eigenvalue weighted by molar-refractivity contribution is 0.0473. The molecule has 0 heterocycles. The van der Waals surface area contributed by atoms with Gasteiger partial charge in [0.15, 0.2) is 0 Å². The summed E-state index contributed by atoms with van der Waals surface area (Å²) < 4.78 is 5.20. The van der Waals surface area contributed by atoms with Crippen molar-refractivity contribution in [3.05, 3.63) is 0 Å². The number of ether oxygens (including phenoxy) is 1. The molecule has 0 aromatic rings. The van der Waals surface area contributed by atoms with Crippen LogP contribution in [-0.4, -0.2) is 43.8 Å². The summed E-state index contributed by atoms with van der Waals surface area (Å²) in [5, 5.41) is 0. The topological polar surface area (TPSA) is 38.5 Å². The molecule has 0 aromatic heterocycles. The molecule has 3 nitrogen and oxygen atoms in total. The lowest BCUT2D eigenvalue weighted by atomic mass is 9.83. The van der Waals surface area contributed by atoms with E-state index < -0.39 is 0 Å². The van der Waals surface area contributed by atoms with E-state index in [1.54, 1.807) is 7.11 Å². The highest BCUT2D eigenvalue weighted by molar-refractivity contribution is 4.89. The van der Waals surface area contributed by atoms with E-state index in [4.69, 9.17) is 10.5 Å². The Bertz CT molecular complexity index is 194. The Balaban J connectivity index is 2.50. The molecular formula is C13H28N2O. The fourth-order valence-corrected chi connectivity index (χ4v) is 2.43. The van der Waals surface area contributed by atoms with Crippen LogP contribution in [-0.2, 0) is 4.74 Å². The molecule has 1 aliphatic rings. The lowest BCUT2D eigenvalue weighted by Gasteiger charge is -2.43. The van der Waals surface area contributed by atoms with Gasteiger partial charge in [-0.2, -0.15) is 0 Å². The van der Waals surface area contributed by atoms with Crippen molar-refractivity contribution < 1.29 is 4.74 Å². The van der Waals surface area contributed by atoms with Crippen LogP contribution in [0, 0.1) is 5.92 Å². The van der Waals surface area contributed by atoms with Gasteiger partial charge < -0.3 is 10.5 Å². The van der Waals surface area contributed by atoms with E-state index in [-0.39, 0.29) is 5.54 Å². The predicted octanol–water partition coefficient (Wildman–Crippen LogP) is 1.86. The van der Waals surface area contributed by atoms with Crippen LogP contribution in [0.4, 0.5) is 0 Å². The molecule has 1 aliphatic carbocycles. The third-order valence-electron chi connectivity index (χ3n) is 4.13. The molecular weight excluding hydrogens is 200 g/mol.